The largest absolute Gasteiger partial charge is 0.469 e. The van der Waals surface area contributed by atoms with Crippen molar-refractivity contribution in [2.45, 2.75) is 348 Å². The Labute approximate surface area is 608 Å². The van der Waals surface area contributed by atoms with Crippen molar-refractivity contribution >= 4 is 77.6 Å². The molecule has 5 fully saturated rings. The van der Waals surface area contributed by atoms with Crippen molar-refractivity contribution in [2.24, 2.45) is 0 Å². The molecule has 0 bridgehead atoms. The quantitative estimate of drug-likeness (QED) is 0.0493. The van der Waals surface area contributed by atoms with Gasteiger partial charge in [-0.1, -0.05) is 51.9 Å². The minimum atomic E-state index is -2.18. The Kier molecular flexibility index (Phi) is 35.6. The molecule has 0 N–H and O–H groups in total. The molecule has 26 atom stereocenters. The highest BCUT2D eigenvalue weighted by molar-refractivity contribution is 5.71. The van der Waals surface area contributed by atoms with Crippen LogP contribution >= 0.6 is 0 Å². The lowest BCUT2D eigenvalue weighted by atomic mass is 9.95. The highest BCUT2D eigenvalue weighted by Gasteiger charge is 2.61. The second-order valence-electron chi connectivity index (χ2n) is 26.0. The van der Waals surface area contributed by atoms with Crippen molar-refractivity contribution < 1.29 is 171 Å². The maximum Gasteiger partial charge on any atom is 0.305 e. The number of carbonyl (C=O) groups is 13. The van der Waals surface area contributed by atoms with Crippen LogP contribution in [0.1, 0.15) is 188 Å². The zero-order valence-corrected chi connectivity index (χ0v) is 62.7. The molecular weight excluding hydrogens is 1400 g/mol. The molecule has 0 aromatic heterocycles. The van der Waals surface area contributed by atoms with Crippen molar-refractivity contribution in [3.05, 3.63) is 0 Å². The predicted molar refractivity (Wildman–Crippen MR) is 347 cm³/mol. The molecule has 36 heteroatoms. The van der Waals surface area contributed by atoms with Crippen LogP contribution < -0.4 is 0 Å². The average Bonchev–Trinajstić information content (AvgIpc) is 0.767. The SMILES string of the molecule is CCC[C@@H](CCCCCCCCCC(=O)OC)O[C@@H]1O[C@@H](C)[C@H](OC(C)=O)[C@@H](OC(C)=O)[C@H]1O[C@@H]1O[C@H](CO[C@@H]2O[C@H](C)[C@@H](OC(C)=O)[C@H](OC(C)=O)[C@H]2O[C@@H]2O[C@@H](C)[C@H](OC(C)=O)[C@@H](OC(C)=O)[C@H]2OC(C)=O)[C@@H](OC(C)=O)[C@H](OC(C)=O)[C@H]1O[C@@H]1O[C@@H](C)[C@H](OC(C)=O)[C@@H](OC(C)=O)[C@H]1OC(C)=O. The number of rotatable bonds is 35. The van der Waals surface area contributed by atoms with Crippen molar-refractivity contribution in [3.63, 3.8) is 0 Å². The lowest BCUT2D eigenvalue weighted by Gasteiger charge is -2.51. The maximum atomic E-state index is 13.8. The van der Waals surface area contributed by atoms with E-state index < -0.39 is 238 Å². The van der Waals surface area contributed by atoms with Crippen LogP contribution in [0, 0.1) is 0 Å². The summed E-state index contributed by atoms with van der Waals surface area (Å²) in [5, 5.41) is 0. The van der Waals surface area contributed by atoms with E-state index in [-0.39, 0.29) is 5.97 Å². The second kappa shape index (κ2) is 42.3. The Morgan fingerprint density at radius 2 is 0.562 bits per heavy atom. The molecule has 0 aliphatic carbocycles. The third-order valence-corrected chi connectivity index (χ3v) is 17.0. The van der Waals surface area contributed by atoms with E-state index in [4.69, 9.17) is 109 Å². The molecule has 0 saturated carbocycles. The molecule has 105 heavy (non-hydrogen) atoms. The van der Waals surface area contributed by atoms with Crippen molar-refractivity contribution in [2.75, 3.05) is 13.7 Å². The topological polar surface area (TPSA) is 434 Å². The molecule has 36 nitrogen and oxygen atoms in total. The van der Waals surface area contributed by atoms with Gasteiger partial charge in [0, 0.05) is 89.5 Å². The normalized spacial score (nSPS) is 33.3. The van der Waals surface area contributed by atoms with E-state index in [1.807, 2.05) is 6.92 Å². The number of esters is 13. The standard InChI is InChI=1S/C69H104O36/c1-19-27-47(28-25-23-21-20-22-24-26-29-49(82)83-18)101-66-63(58(97-43(14)78)53(32(3)86-66)92-38(9)73)105-69-64(104-68-62(100-46(17)81)57(96-42(13)77)52(34(5)88-68)91-37(8)72)59(98-44(15)79)54(93-39(10)74)48(102-69)30-84-65-60(55(94-40(11)75)50(31(2)85-65)89-35(6)70)103-67-61(99-45(16)80)56(95-41(12)76)51(33(4)87-67)90-36(7)71/h31-34,47-48,50-69H,19-30H2,1-18H3/t31-,32+,33+,34+,47+,48-,50-,51+,52+,53+,54-,55+,56-,57-,58-,59+,60-,61-,62-,63-,64-,65-,66+,67+,68+,69+/m1/s1. The number of ether oxygens (including phenoxy) is 23. The average molecular weight is 1510 g/mol. The molecule has 0 radical (unpaired) electrons. The van der Waals surface area contributed by atoms with Crippen molar-refractivity contribution in [3.8, 4) is 0 Å². The van der Waals surface area contributed by atoms with Gasteiger partial charge >= 0.3 is 77.6 Å². The van der Waals surface area contributed by atoms with Gasteiger partial charge in [-0.2, -0.15) is 0 Å². The molecule has 5 aliphatic heterocycles. The fourth-order valence-corrected chi connectivity index (χ4v) is 13.0. The lowest BCUT2D eigenvalue weighted by molar-refractivity contribution is -0.398. The zero-order valence-electron chi connectivity index (χ0n) is 62.7. The predicted octanol–water partition coefficient (Wildman–Crippen LogP) is 3.91. The molecular formula is C69H104O36. The molecule has 5 heterocycles. The molecule has 5 saturated heterocycles. The first-order chi connectivity index (χ1) is 49.4. The van der Waals surface area contributed by atoms with E-state index in [0.717, 1.165) is 115 Å². The number of hydrogen-bond acceptors (Lipinski definition) is 36. The van der Waals surface area contributed by atoms with Crippen LogP contribution in [0.2, 0.25) is 0 Å². The highest BCUT2D eigenvalue weighted by Crippen LogP contribution is 2.41. The van der Waals surface area contributed by atoms with Gasteiger partial charge in [-0.25, -0.2) is 0 Å². The summed E-state index contributed by atoms with van der Waals surface area (Å²) >= 11 is 0. The van der Waals surface area contributed by atoms with Crippen LogP contribution in [0.25, 0.3) is 0 Å². The van der Waals surface area contributed by atoms with Gasteiger partial charge in [0.15, 0.2) is 123 Å². The first-order valence-corrected chi connectivity index (χ1v) is 35.1. The van der Waals surface area contributed by atoms with E-state index in [1.54, 1.807) is 0 Å². The van der Waals surface area contributed by atoms with Gasteiger partial charge in [-0.05, 0) is 47.0 Å². The van der Waals surface area contributed by atoms with E-state index in [1.165, 1.54) is 34.8 Å². The number of methoxy groups -OCH3 is 1. The van der Waals surface area contributed by atoms with Gasteiger partial charge in [0.2, 0.25) is 0 Å². The highest BCUT2D eigenvalue weighted by atomic mass is 16.8. The third kappa shape index (κ3) is 27.2. The summed E-state index contributed by atoms with van der Waals surface area (Å²) in [5.74, 6) is -11.8. The molecule has 0 aromatic rings. The Balaban J connectivity index is 1.76. The molecule has 5 aliphatic rings. The van der Waals surface area contributed by atoms with Crippen LogP contribution in [0.4, 0.5) is 0 Å². The summed E-state index contributed by atoms with van der Waals surface area (Å²) < 4.78 is 140. The summed E-state index contributed by atoms with van der Waals surface area (Å²) in [7, 11) is 1.34. The number of hydrogen-bond donors (Lipinski definition) is 0. The summed E-state index contributed by atoms with van der Waals surface area (Å²) in [4.78, 5) is 169. The molecule has 0 spiro atoms. The summed E-state index contributed by atoms with van der Waals surface area (Å²) in [6.45, 7) is 19.0. The monoisotopic (exact) mass is 1510 g/mol. The summed E-state index contributed by atoms with van der Waals surface area (Å²) in [6.07, 6.45) is -36.2. The van der Waals surface area contributed by atoms with Crippen LogP contribution in [-0.4, -0.2) is 251 Å². The first-order valence-electron chi connectivity index (χ1n) is 35.1. The molecule has 5 rings (SSSR count). The van der Waals surface area contributed by atoms with Crippen LogP contribution in [0.15, 0.2) is 0 Å². The van der Waals surface area contributed by atoms with Gasteiger partial charge in [-0.3, -0.25) is 62.3 Å². The Morgan fingerprint density at radius 3 is 0.914 bits per heavy atom. The van der Waals surface area contributed by atoms with Gasteiger partial charge < -0.3 is 109 Å². The minimum absolute atomic E-state index is 0.280. The Bertz CT molecular complexity index is 2940. The summed E-state index contributed by atoms with van der Waals surface area (Å²) in [6, 6.07) is 0. The Hall–Kier alpha value is -7.29. The van der Waals surface area contributed by atoms with Crippen molar-refractivity contribution in [1.29, 1.82) is 0 Å². The van der Waals surface area contributed by atoms with E-state index in [9.17, 15) is 62.3 Å². The maximum absolute atomic E-state index is 13.8. The van der Waals surface area contributed by atoms with Crippen molar-refractivity contribution in [1.82, 2.24) is 0 Å². The third-order valence-electron chi connectivity index (χ3n) is 17.0. The molecule has 0 aromatic carbocycles. The van der Waals surface area contributed by atoms with E-state index >= 15 is 0 Å². The van der Waals surface area contributed by atoms with Gasteiger partial charge in [0.05, 0.1) is 44.2 Å². The fourth-order valence-electron chi connectivity index (χ4n) is 13.0. The first kappa shape index (κ1) is 88.3. The minimum Gasteiger partial charge on any atom is -0.469 e. The van der Waals surface area contributed by atoms with Crippen LogP contribution in [0.3, 0.4) is 0 Å². The smallest absolute Gasteiger partial charge is 0.305 e. The fraction of sp³-hybridized carbons (Fsp3) is 0.812. The van der Waals surface area contributed by atoms with E-state index in [0.29, 0.717) is 38.5 Å². The molecule has 0 amide bonds. The second-order valence-corrected chi connectivity index (χ2v) is 26.0. The van der Waals surface area contributed by atoms with Gasteiger partial charge in [0.25, 0.3) is 0 Å². The molecule has 0 unspecified atom stereocenters. The van der Waals surface area contributed by atoms with E-state index in [2.05, 4.69) is 0 Å². The number of unbranched alkanes of at least 4 members (excludes halogenated alkanes) is 6. The van der Waals surface area contributed by atoms with Crippen LogP contribution in [-0.2, 0) is 171 Å². The van der Waals surface area contributed by atoms with Gasteiger partial charge in [-0.15, -0.1) is 0 Å². The number of carbonyl (C=O) groups excluding carboxylic acids is 13. The van der Waals surface area contributed by atoms with Gasteiger partial charge in [0.1, 0.15) is 6.10 Å². The Morgan fingerprint density at radius 1 is 0.295 bits per heavy atom. The molecule has 596 valence electrons. The zero-order chi connectivity index (χ0) is 78.3. The van der Waals surface area contributed by atoms with Crippen LogP contribution in [0.5, 0.6) is 0 Å². The lowest BCUT2D eigenvalue weighted by Crippen LogP contribution is -2.69. The summed E-state index contributed by atoms with van der Waals surface area (Å²) in [5.41, 5.74) is 0.